The summed E-state index contributed by atoms with van der Waals surface area (Å²) < 4.78 is 6.42. The normalized spacial score (nSPS) is 10.8. The van der Waals surface area contributed by atoms with Crippen LogP contribution in [0, 0.1) is 6.92 Å². The van der Waals surface area contributed by atoms with Crippen molar-refractivity contribution in [3.05, 3.63) is 115 Å². The summed E-state index contributed by atoms with van der Waals surface area (Å²) in [6.07, 6.45) is 0. The lowest BCUT2D eigenvalue weighted by molar-refractivity contribution is 0.589. The van der Waals surface area contributed by atoms with Crippen LogP contribution in [0.5, 0.6) is 0 Å². The Balaban J connectivity index is 1.71. The van der Waals surface area contributed by atoms with E-state index in [-0.39, 0.29) is 0 Å². The Hall–Kier alpha value is -3.91. The minimum Gasteiger partial charge on any atom is -0.435 e. The molecule has 0 unspecified atom stereocenters. The van der Waals surface area contributed by atoms with Crippen LogP contribution in [0.2, 0.25) is 0 Å². The summed E-state index contributed by atoms with van der Waals surface area (Å²) in [5.74, 6) is 1.42. The first-order chi connectivity index (χ1) is 14.8. The average molecular weight is 387 g/mol. The van der Waals surface area contributed by atoms with Gasteiger partial charge in [-0.1, -0.05) is 109 Å². The molecule has 1 aromatic heterocycles. The highest BCUT2D eigenvalue weighted by Gasteiger charge is 2.19. The number of oxazole rings is 1. The molecule has 4 aromatic carbocycles. The van der Waals surface area contributed by atoms with E-state index in [1.165, 1.54) is 5.56 Å². The van der Waals surface area contributed by atoms with Gasteiger partial charge in [0.2, 0.25) is 5.89 Å². The first kappa shape index (κ1) is 18.1. The summed E-state index contributed by atoms with van der Waals surface area (Å²) in [6, 6.07) is 37.2. The van der Waals surface area contributed by atoms with E-state index >= 15 is 0 Å². The van der Waals surface area contributed by atoms with Crippen molar-refractivity contribution in [2.75, 3.05) is 0 Å². The van der Waals surface area contributed by atoms with Gasteiger partial charge in [-0.3, -0.25) is 0 Å². The summed E-state index contributed by atoms with van der Waals surface area (Å²) >= 11 is 0. The van der Waals surface area contributed by atoms with Crippen molar-refractivity contribution in [2.24, 2.45) is 0 Å². The Kier molecular flexibility index (Phi) is 4.74. The zero-order valence-corrected chi connectivity index (χ0v) is 16.7. The van der Waals surface area contributed by atoms with Gasteiger partial charge in [-0.15, -0.1) is 0 Å². The van der Waals surface area contributed by atoms with E-state index in [2.05, 4.69) is 73.7 Å². The van der Waals surface area contributed by atoms with Crippen molar-refractivity contribution >= 4 is 0 Å². The highest BCUT2D eigenvalue weighted by molar-refractivity contribution is 5.84. The second kappa shape index (κ2) is 7.84. The Bertz CT molecular complexity index is 1230. The Labute approximate surface area is 176 Å². The number of hydrogen-bond donors (Lipinski definition) is 0. The molecule has 1 heterocycles. The van der Waals surface area contributed by atoms with Gasteiger partial charge >= 0.3 is 0 Å². The molecule has 0 saturated heterocycles. The Morgan fingerprint density at radius 2 is 1.17 bits per heavy atom. The molecule has 2 heteroatoms. The van der Waals surface area contributed by atoms with Crippen molar-refractivity contribution < 1.29 is 4.42 Å². The maximum atomic E-state index is 6.42. The number of nitrogens with zero attached hydrogens (tertiary/aromatic N) is 1. The monoisotopic (exact) mass is 387 g/mol. The summed E-state index contributed by atoms with van der Waals surface area (Å²) in [4.78, 5) is 4.97. The third-order valence-electron chi connectivity index (χ3n) is 5.20. The van der Waals surface area contributed by atoms with E-state index in [1.54, 1.807) is 0 Å². The molecule has 0 aliphatic carbocycles. The number of benzene rings is 4. The second-order valence-electron chi connectivity index (χ2n) is 7.34. The molecular weight excluding hydrogens is 366 g/mol. The predicted molar refractivity (Wildman–Crippen MR) is 123 cm³/mol. The SMILES string of the molecule is Cc1cccc(-c2ccccc2-c2nc(-c3ccccc3)c(-c3ccccc3)o2)c1. The van der Waals surface area contributed by atoms with Crippen LogP contribution in [0.1, 0.15) is 5.56 Å². The molecule has 0 spiro atoms. The van der Waals surface area contributed by atoms with E-state index in [4.69, 9.17) is 9.40 Å². The predicted octanol–water partition coefficient (Wildman–Crippen LogP) is 7.65. The summed E-state index contributed by atoms with van der Waals surface area (Å²) in [5, 5.41) is 0. The van der Waals surface area contributed by atoms with Crippen LogP contribution in [0.4, 0.5) is 0 Å². The minimum absolute atomic E-state index is 0.629. The first-order valence-electron chi connectivity index (χ1n) is 10.1. The molecule has 5 aromatic rings. The molecule has 0 N–H and O–H groups in total. The van der Waals surface area contributed by atoms with Crippen LogP contribution < -0.4 is 0 Å². The largest absolute Gasteiger partial charge is 0.435 e. The zero-order valence-electron chi connectivity index (χ0n) is 16.7. The molecular formula is C28H21NO. The maximum absolute atomic E-state index is 6.42. The van der Waals surface area contributed by atoms with Crippen LogP contribution in [0.25, 0.3) is 45.2 Å². The van der Waals surface area contributed by atoms with Gasteiger partial charge in [0.15, 0.2) is 5.76 Å². The summed E-state index contributed by atoms with van der Waals surface area (Å²) in [7, 11) is 0. The fourth-order valence-electron chi connectivity index (χ4n) is 3.75. The van der Waals surface area contributed by atoms with E-state index < -0.39 is 0 Å². The molecule has 5 rings (SSSR count). The highest BCUT2D eigenvalue weighted by Crippen LogP contribution is 2.39. The Morgan fingerprint density at radius 3 is 1.87 bits per heavy atom. The number of aromatic nitrogens is 1. The van der Waals surface area contributed by atoms with Gasteiger partial charge in [-0.25, -0.2) is 4.98 Å². The molecule has 0 radical (unpaired) electrons. The van der Waals surface area contributed by atoms with Gasteiger partial charge in [0.05, 0.1) is 0 Å². The molecule has 0 fully saturated rings. The molecule has 0 amide bonds. The van der Waals surface area contributed by atoms with Crippen LogP contribution in [-0.2, 0) is 0 Å². The zero-order chi connectivity index (χ0) is 20.3. The third kappa shape index (κ3) is 3.44. The van der Waals surface area contributed by atoms with E-state index in [0.29, 0.717) is 5.89 Å². The first-order valence-corrected chi connectivity index (χ1v) is 10.1. The lowest BCUT2D eigenvalue weighted by Gasteiger charge is -2.07. The van der Waals surface area contributed by atoms with E-state index in [0.717, 1.165) is 39.3 Å². The van der Waals surface area contributed by atoms with Gasteiger partial charge in [0.25, 0.3) is 0 Å². The number of hydrogen-bond acceptors (Lipinski definition) is 2. The van der Waals surface area contributed by atoms with E-state index in [9.17, 15) is 0 Å². The minimum atomic E-state index is 0.629. The van der Waals surface area contributed by atoms with Crippen molar-refractivity contribution in [1.82, 2.24) is 4.98 Å². The van der Waals surface area contributed by atoms with Gasteiger partial charge in [0.1, 0.15) is 5.69 Å². The summed E-state index contributed by atoms with van der Waals surface area (Å²) in [6.45, 7) is 2.11. The third-order valence-corrected chi connectivity index (χ3v) is 5.20. The van der Waals surface area contributed by atoms with Crippen molar-refractivity contribution in [1.29, 1.82) is 0 Å². The molecule has 0 atom stereocenters. The smallest absolute Gasteiger partial charge is 0.227 e. The molecule has 0 saturated carbocycles. The molecule has 144 valence electrons. The molecule has 30 heavy (non-hydrogen) atoms. The maximum Gasteiger partial charge on any atom is 0.227 e. The van der Waals surface area contributed by atoms with Crippen molar-refractivity contribution in [3.8, 4) is 45.2 Å². The standard InChI is InChI=1S/C28H21NO/c1-20-11-10-16-23(19-20)24-17-8-9-18-25(24)28-29-26(21-12-4-2-5-13-21)27(30-28)22-14-6-3-7-15-22/h2-19H,1H3. The topological polar surface area (TPSA) is 26.0 Å². The quantitative estimate of drug-likeness (QED) is 0.316. The van der Waals surface area contributed by atoms with Crippen LogP contribution >= 0.6 is 0 Å². The molecule has 2 nitrogen and oxygen atoms in total. The lowest BCUT2D eigenvalue weighted by atomic mass is 9.98. The number of rotatable bonds is 4. The molecule has 0 bridgehead atoms. The second-order valence-corrected chi connectivity index (χ2v) is 7.34. The van der Waals surface area contributed by atoms with Gasteiger partial charge < -0.3 is 4.42 Å². The van der Waals surface area contributed by atoms with Crippen molar-refractivity contribution in [3.63, 3.8) is 0 Å². The number of aryl methyl sites for hydroxylation is 1. The average Bonchev–Trinajstić information content (AvgIpc) is 3.26. The highest BCUT2D eigenvalue weighted by atomic mass is 16.4. The van der Waals surface area contributed by atoms with E-state index in [1.807, 2.05) is 42.5 Å². The molecule has 0 aliphatic heterocycles. The van der Waals surface area contributed by atoms with Gasteiger partial charge in [-0.2, -0.15) is 0 Å². The van der Waals surface area contributed by atoms with Crippen LogP contribution in [0.3, 0.4) is 0 Å². The fraction of sp³-hybridized carbons (Fsp3) is 0.0357. The van der Waals surface area contributed by atoms with Gasteiger partial charge in [-0.05, 0) is 24.1 Å². The fourth-order valence-corrected chi connectivity index (χ4v) is 3.75. The Morgan fingerprint density at radius 1 is 0.567 bits per heavy atom. The lowest BCUT2D eigenvalue weighted by Crippen LogP contribution is -1.86. The van der Waals surface area contributed by atoms with Crippen LogP contribution in [-0.4, -0.2) is 4.98 Å². The summed E-state index contributed by atoms with van der Waals surface area (Å²) in [5.41, 5.74) is 7.40. The van der Waals surface area contributed by atoms with Gasteiger partial charge in [0, 0.05) is 16.7 Å². The molecule has 0 aliphatic rings. The van der Waals surface area contributed by atoms with Crippen molar-refractivity contribution in [2.45, 2.75) is 6.92 Å². The van der Waals surface area contributed by atoms with Crippen LogP contribution in [0.15, 0.2) is 114 Å².